The summed E-state index contributed by atoms with van der Waals surface area (Å²) < 4.78 is 0. The summed E-state index contributed by atoms with van der Waals surface area (Å²) in [5, 5.41) is 10.6. The number of thiophene rings is 1. The molecule has 3 N–H and O–H groups in total. The first-order chi connectivity index (χ1) is 14.7. The molecule has 5 nitrogen and oxygen atoms in total. The van der Waals surface area contributed by atoms with E-state index in [1.54, 1.807) is 11.4 Å². The number of hydrogen-bond donors (Lipinski definition) is 3. The monoisotopic (exact) mass is 417 g/mol. The summed E-state index contributed by atoms with van der Waals surface area (Å²) in [7, 11) is 0. The van der Waals surface area contributed by atoms with Crippen molar-refractivity contribution in [2.45, 2.75) is 12.3 Å². The zero-order valence-corrected chi connectivity index (χ0v) is 17.2. The Morgan fingerprint density at radius 3 is 2.57 bits per heavy atom. The fraction of sp³-hybridized carbons (Fsp3) is 0.167. The third-order valence-electron chi connectivity index (χ3n) is 5.12. The molecule has 152 valence electrons. The van der Waals surface area contributed by atoms with Crippen molar-refractivity contribution in [3.05, 3.63) is 94.3 Å². The highest BCUT2D eigenvalue weighted by Gasteiger charge is 2.19. The minimum absolute atomic E-state index is 0.0340. The van der Waals surface area contributed by atoms with Crippen LogP contribution in [0.5, 0.6) is 0 Å². The van der Waals surface area contributed by atoms with Crippen molar-refractivity contribution < 1.29 is 9.59 Å². The van der Waals surface area contributed by atoms with Crippen LogP contribution in [-0.4, -0.2) is 29.9 Å². The fourth-order valence-electron chi connectivity index (χ4n) is 3.56. The van der Waals surface area contributed by atoms with Gasteiger partial charge in [-0.1, -0.05) is 48.5 Å². The van der Waals surface area contributed by atoms with Crippen molar-refractivity contribution in [2.75, 3.05) is 13.1 Å². The molecular formula is C24H23N3O2S. The molecule has 0 bridgehead atoms. The van der Waals surface area contributed by atoms with Gasteiger partial charge in [-0.15, -0.1) is 0 Å². The summed E-state index contributed by atoms with van der Waals surface area (Å²) in [6.07, 6.45) is 2.26. The lowest BCUT2D eigenvalue weighted by atomic mass is 9.91. The Balaban J connectivity index is 1.40. The number of aromatic amines is 1. The molecular weight excluding hydrogens is 394 g/mol. The van der Waals surface area contributed by atoms with Crippen LogP contribution in [-0.2, 0) is 4.79 Å². The van der Waals surface area contributed by atoms with E-state index < -0.39 is 0 Å². The largest absolute Gasteiger partial charge is 0.361 e. The zero-order chi connectivity index (χ0) is 20.8. The molecule has 4 aromatic rings. The van der Waals surface area contributed by atoms with E-state index in [1.165, 1.54) is 11.3 Å². The van der Waals surface area contributed by atoms with Crippen molar-refractivity contribution >= 4 is 34.1 Å². The Hall–Kier alpha value is -3.38. The normalized spacial score (nSPS) is 11.9. The van der Waals surface area contributed by atoms with Crippen molar-refractivity contribution in [2.24, 2.45) is 0 Å². The maximum Gasteiger partial charge on any atom is 0.252 e. The number of amides is 2. The first-order valence-corrected chi connectivity index (χ1v) is 10.8. The van der Waals surface area contributed by atoms with Gasteiger partial charge in [-0.3, -0.25) is 9.59 Å². The number of nitrogens with one attached hydrogen (secondary N) is 3. The van der Waals surface area contributed by atoms with Gasteiger partial charge in [-0.2, -0.15) is 11.3 Å². The van der Waals surface area contributed by atoms with Crippen LogP contribution in [0.25, 0.3) is 10.9 Å². The number of rotatable bonds is 8. The van der Waals surface area contributed by atoms with Gasteiger partial charge < -0.3 is 15.6 Å². The molecule has 2 heterocycles. The minimum Gasteiger partial charge on any atom is -0.361 e. The third-order valence-corrected chi connectivity index (χ3v) is 5.81. The molecule has 30 heavy (non-hydrogen) atoms. The van der Waals surface area contributed by atoms with E-state index in [9.17, 15) is 9.59 Å². The third kappa shape index (κ3) is 4.60. The molecule has 0 aliphatic carbocycles. The van der Waals surface area contributed by atoms with Gasteiger partial charge in [0.05, 0.1) is 0 Å². The van der Waals surface area contributed by atoms with Crippen LogP contribution in [0.1, 0.15) is 33.8 Å². The molecule has 0 aliphatic heterocycles. The maximum absolute atomic E-state index is 12.4. The van der Waals surface area contributed by atoms with E-state index in [1.807, 2.05) is 41.9 Å². The Kier molecular flexibility index (Phi) is 6.25. The summed E-state index contributed by atoms with van der Waals surface area (Å²) in [6, 6.07) is 20.1. The van der Waals surface area contributed by atoms with Crippen LogP contribution >= 0.6 is 11.3 Å². The first kappa shape index (κ1) is 19.9. The topological polar surface area (TPSA) is 74.0 Å². The van der Waals surface area contributed by atoms with Crippen LogP contribution < -0.4 is 10.6 Å². The Labute approximate surface area is 179 Å². The number of para-hydroxylation sites is 1. The van der Waals surface area contributed by atoms with Gasteiger partial charge in [0.1, 0.15) is 0 Å². The quantitative estimate of drug-likeness (QED) is 0.400. The number of carbonyl (C=O) groups is 2. The van der Waals surface area contributed by atoms with Gasteiger partial charge in [0, 0.05) is 53.5 Å². The van der Waals surface area contributed by atoms with Crippen LogP contribution in [0, 0.1) is 0 Å². The van der Waals surface area contributed by atoms with Gasteiger partial charge in [-0.25, -0.2) is 0 Å². The SMILES string of the molecule is O=C(CCNC(=O)c1ccsc1)NCC(c1ccccc1)c1c[nH]c2ccccc12. The highest BCUT2D eigenvalue weighted by Crippen LogP contribution is 2.30. The molecule has 6 heteroatoms. The Morgan fingerprint density at radius 2 is 1.77 bits per heavy atom. The lowest BCUT2D eigenvalue weighted by molar-refractivity contribution is -0.120. The van der Waals surface area contributed by atoms with E-state index >= 15 is 0 Å². The average molecular weight is 418 g/mol. The fourth-order valence-corrected chi connectivity index (χ4v) is 4.20. The molecule has 0 fully saturated rings. The van der Waals surface area contributed by atoms with Gasteiger partial charge in [0.2, 0.25) is 5.91 Å². The number of carbonyl (C=O) groups excluding carboxylic acids is 2. The summed E-state index contributed by atoms with van der Waals surface area (Å²) in [5.74, 6) is -0.196. The zero-order valence-electron chi connectivity index (χ0n) is 16.4. The summed E-state index contributed by atoms with van der Waals surface area (Å²) in [5.41, 5.74) is 4.01. The number of fused-ring (bicyclic) bond motifs is 1. The molecule has 0 saturated carbocycles. The number of aromatic nitrogens is 1. The summed E-state index contributed by atoms with van der Waals surface area (Å²) in [4.78, 5) is 27.7. The number of hydrogen-bond acceptors (Lipinski definition) is 3. The molecule has 2 aromatic carbocycles. The molecule has 4 rings (SSSR count). The molecule has 0 saturated heterocycles. The average Bonchev–Trinajstić information content (AvgIpc) is 3.45. The maximum atomic E-state index is 12.4. The molecule has 2 amide bonds. The highest BCUT2D eigenvalue weighted by molar-refractivity contribution is 7.08. The van der Waals surface area contributed by atoms with Gasteiger partial charge >= 0.3 is 0 Å². The van der Waals surface area contributed by atoms with Crippen molar-refractivity contribution in [1.29, 1.82) is 0 Å². The van der Waals surface area contributed by atoms with Gasteiger partial charge in [0.15, 0.2) is 0 Å². The van der Waals surface area contributed by atoms with Crippen molar-refractivity contribution in [1.82, 2.24) is 15.6 Å². The van der Waals surface area contributed by atoms with E-state index in [0.29, 0.717) is 18.7 Å². The van der Waals surface area contributed by atoms with E-state index in [0.717, 1.165) is 22.0 Å². The van der Waals surface area contributed by atoms with Crippen LogP contribution in [0.4, 0.5) is 0 Å². The van der Waals surface area contributed by atoms with E-state index in [2.05, 4.69) is 39.9 Å². The Morgan fingerprint density at radius 1 is 0.967 bits per heavy atom. The molecule has 0 aliphatic rings. The standard InChI is InChI=1S/C24H23N3O2S/c28-23(10-12-25-24(29)18-11-13-30-16-18)27-14-20(17-6-2-1-3-7-17)21-15-26-22-9-5-4-8-19(21)22/h1-9,11,13,15-16,20,26H,10,12,14H2,(H,25,29)(H,27,28). The highest BCUT2D eigenvalue weighted by atomic mass is 32.1. The molecule has 0 spiro atoms. The second kappa shape index (κ2) is 9.41. The molecule has 0 radical (unpaired) electrons. The first-order valence-electron chi connectivity index (χ1n) is 9.90. The smallest absolute Gasteiger partial charge is 0.252 e. The van der Waals surface area contributed by atoms with Crippen LogP contribution in [0.2, 0.25) is 0 Å². The summed E-state index contributed by atoms with van der Waals surface area (Å²) in [6.45, 7) is 0.798. The van der Waals surface area contributed by atoms with Gasteiger partial charge in [0.25, 0.3) is 5.91 Å². The van der Waals surface area contributed by atoms with Crippen molar-refractivity contribution in [3.63, 3.8) is 0 Å². The molecule has 1 atom stereocenters. The lowest BCUT2D eigenvalue weighted by Gasteiger charge is -2.18. The number of H-pyrrole nitrogens is 1. The van der Waals surface area contributed by atoms with Gasteiger partial charge in [-0.05, 0) is 28.6 Å². The predicted octanol–water partition coefficient (Wildman–Crippen LogP) is 4.30. The number of benzene rings is 2. The second-order valence-electron chi connectivity index (χ2n) is 7.07. The Bertz CT molecular complexity index is 1120. The molecule has 1 unspecified atom stereocenters. The lowest BCUT2D eigenvalue weighted by Crippen LogP contribution is -2.33. The second-order valence-corrected chi connectivity index (χ2v) is 7.85. The van der Waals surface area contributed by atoms with Crippen LogP contribution in [0.15, 0.2) is 77.6 Å². The molecule has 2 aromatic heterocycles. The van der Waals surface area contributed by atoms with Crippen LogP contribution in [0.3, 0.4) is 0 Å². The van der Waals surface area contributed by atoms with E-state index in [4.69, 9.17) is 0 Å². The minimum atomic E-state index is -0.148. The van der Waals surface area contributed by atoms with Crippen molar-refractivity contribution in [3.8, 4) is 0 Å². The summed E-state index contributed by atoms with van der Waals surface area (Å²) >= 11 is 1.47. The predicted molar refractivity (Wildman–Crippen MR) is 121 cm³/mol. The van der Waals surface area contributed by atoms with E-state index in [-0.39, 0.29) is 24.2 Å².